The van der Waals surface area contributed by atoms with E-state index in [1.165, 1.54) is 21.8 Å². The van der Waals surface area contributed by atoms with Gasteiger partial charge < -0.3 is 10.6 Å². The molecule has 0 unspecified atom stereocenters. The van der Waals surface area contributed by atoms with Gasteiger partial charge in [-0.05, 0) is 51.2 Å². The third kappa shape index (κ3) is 4.07. The molecule has 8 nitrogen and oxygen atoms in total. The van der Waals surface area contributed by atoms with E-state index >= 15 is 0 Å². The number of aromatic nitrogens is 3. The van der Waals surface area contributed by atoms with Crippen LogP contribution in [0.25, 0.3) is 10.6 Å². The Morgan fingerprint density at radius 2 is 1.80 bits per heavy atom. The normalized spacial score (nSPS) is 21.3. The molecule has 1 saturated heterocycles. The maximum Gasteiger partial charge on any atom is 0.324 e. The van der Waals surface area contributed by atoms with Gasteiger partial charge in [0, 0.05) is 12.7 Å². The Morgan fingerprint density at radius 1 is 1.06 bits per heavy atom. The van der Waals surface area contributed by atoms with Crippen LogP contribution in [-0.4, -0.2) is 43.9 Å². The lowest BCUT2D eigenvalue weighted by Gasteiger charge is -2.31. The van der Waals surface area contributed by atoms with E-state index in [0.717, 1.165) is 54.2 Å². The Morgan fingerprint density at radius 3 is 2.51 bits per heavy atom. The number of amides is 3. The van der Waals surface area contributed by atoms with Gasteiger partial charge >= 0.3 is 6.03 Å². The number of nitrogens with zero attached hydrogens (tertiary/aromatic N) is 4. The molecular formula is C26H30N6O2S. The van der Waals surface area contributed by atoms with Crippen LogP contribution in [0.15, 0.2) is 42.6 Å². The van der Waals surface area contributed by atoms with E-state index in [0.29, 0.717) is 18.1 Å². The minimum Gasteiger partial charge on any atom is -0.368 e. The number of urea groups is 1. The summed E-state index contributed by atoms with van der Waals surface area (Å²) in [5.74, 6) is 0.348. The van der Waals surface area contributed by atoms with Crippen molar-refractivity contribution in [3.63, 3.8) is 0 Å². The molecule has 1 aliphatic heterocycles. The van der Waals surface area contributed by atoms with Crippen molar-refractivity contribution in [2.75, 3.05) is 11.9 Å². The third-order valence-electron chi connectivity index (χ3n) is 7.53. The molecule has 35 heavy (non-hydrogen) atoms. The summed E-state index contributed by atoms with van der Waals surface area (Å²) in [4.78, 5) is 41.7. The molecule has 1 atom stereocenters. The second kappa shape index (κ2) is 9.03. The molecule has 182 valence electrons. The maximum absolute atomic E-state index is 13.0. The van der Waals surface area contributed by atoms with E-state index in [-0.39, 0.29) is 11.4 Å². The van der Waals surface area contributed by atoms with Crippen molar-refractivity contribution in [1.29, 1.82) is 0 Å². The Hall–Kier alpha value is -3.33. The Kier molecular flexibility index (Phi) is 6.04. The zero-order valence-corrected chi connectivity index (χ0v) is 20.9. The lowest BCUT2D eigenvalue weighted by Crippen LogP contribution is -2.55. The molecule has 1 aromatic carbocycles. The van der Waals surface area contributed by atoms with E-state index < -0.39 is 11.4 Å². The Labute approximate surface area is 209 Å². The molecule has 0 radical (unpaired) electrons. The summed E-state index contributed by atoms with van der Waals surface area (Å²) in [7, 11) is 0. The van der Waals surface area contributed by atoms with Crippen molar-refractivity contribution >= 4 is 28.4 Å². The number of aryl methyl sites for hydroxylation is 1. The fraction of sp³-hybridized carbons (Fsp3) is 0.423. The molecule has 3 aromatic rings. The van der Waals surface area contributed by atoms with Crippen LogP contribution in [0.3, 0.4) is 0 Å². The number of nitrogens with one attached hydrogen (secondary N) is 1. The first-order valence-corrected chi connectivity index (χ1v) is 12.9. The van der Waals surface area contributed by atoms with Crippen LogP contribution in [0.1, 0.15) is 62.5 Å². The maximum atomic E-state index is 13.0. The van der Waals surface area contributed by atoms with Crippen LogP contribution in [0.4, 0.5) is 9.93 Å². The van der Waals surface area contributed by atoms with Crippen molar-refractivity contribution < 1.29 is 9.59 Å². The predicted molar refractivity (Wildman–Crippen MR) is 136 cm³/mol. The van der Waals surface area contributed by atoms with Crippen molar-refractivity contribution in [1.82, 2.24) is 19.9 Å². The molecule has 2 fully saturated rings. The van der Waals surface area contributed by atoms with Gasteiger partial charge in [0.15, 0.2) is 5.13 Å². The van der Waals surface area contributed by atoms with Gasteiger partial charge in [-0.3, -0.25) is 10.1 Å². The van der Waals surface area contributed by atoms with Crippen molar-refractivity contribution in [2.45, 2.75) is 63.3 Å². The summed E-state index contributed by atoms with van der Waals surface area (Å²) in [6.07, 6.45) is 7.47. The summed E-state index contributed by atoms with van der Waals surface area (Å²) in [5, 5.41) is 3.34. The summed E-state index contributed by atoms with van der Waals surface area (Å²) in [5.41, 5.74) is 7.28. The first-order valence-electron chi connectivity index (χ1n) is 12.1. The average molecular weight is 491 g/mol. The van der Waals surface area contributed by atoms with Crippen molar-refractivity contribution in [3.8, 4) is 10.6 Å². The lowest BCUT2D eigenvalue weighted by molar-refractivity contribution is -0.126. The van der Waals surface area contributed by atoms with E-state index in [9.17, 15) is 9.59 Å². The highest BCUT2D eigenvalue weighted by molar-refractivity contribution is 7.19. The minimum absolute atomic E-state index is 0.179. The largest absolute Gasteiger partial charge is 0.368 e. The van der Waals surface area contributed by atoms with Gasteiger partial charge in [-0.25, -0.2) is 19.7 Å². The number of likely N-dealkylation sites (tertiary alicyclic amines) is 1. The molecular weight excluding hydrogens is 460 g/mol. The molecule has 1 saturated carbocycles. The highest BCUT2D eigenvalue weighted by atomic mass is 32.1. The van der Waals surface area contributed by atoms with Crippen LogP contribution in [0, 0.1) is 6.92 Å². The van der Waals surface area contributed by atoms with Crippen LogP contribution in [0.5, 0.6) is 0 Å². The van der Waals surface area contributed by atoms with Gasteiger partial charge in [0.25, 0.3) is 0 Å². The lowest BCUT2D eigenvalue weighted by atomic mass is 9.78. The molecule has 3 N–H and O–H groups in total. The molecule has 0 spiro atoms. The van der Waals surface area contributed by atoms with E-state index in [1.807, 2.05) is 25.3 Å². The summed E-state index contributed by atoms with van der Waals surface area (Å²) in [6.45, 7) is 4.11. The highest BCUT2D eigenvalue weighted by Gasteiger charge is 2.45. The number of carbonyl (C=O) groups is 2. The predicted octanol–water partition coefficient (Wildman–Crippen LogP) is 4.64. The van der Waals surface area contributed by atoms with Crippen molar-refractivity contribution in [2.24, 2.45) is 5.73 Å². The molecule has 2 aliphatic rings. The van der Waals surface area contributed by atoms with Gasteiger partial charge in [-0.2, -0.15) is 0 Å². The molecule has 2 aromatic heterocycles. The standard InChI is InChI=1S/C26H30N6O2S/c1-17-20(35-23(29-17)31-24(34)32-16-8-12-25(32,2)21(27)33)19-11-15-28-22(30-19)26(13-6-7-14-26)18-9-4-3-5-10-18/h3-5,9-11,15H,6-8,12-14,16H2,1-2H3,(H2,27,33)(H,29,31,34)/t25-/m0/s1. The number of carbonyl (C=O) groups excluding carboxylic acids is 2. The highest BCUT2D eigenvalue weighted by Crippen LogP contribution is 2.45. The SMILES string of the molecule is Cc1nc(NC(=O)N2CCC[C@@]2(C)C(N)=O)sc1-c1ccnc(C2(c3ccccc3)CCCC2)n1. The summed E-state index contributed by atoms with van der Waals surface area (Å²) < 4.78 is 0. The Balaban J connectivity index is 1.43. The fourth-order valence-electron chi connectivity index (χ4n) is 5.48. The number of nitrogens with two attached hydrogens (primary N) is 1. The summed E-state index contributed by atoms with van der Waals surface area (Å²) in [6, 6.07) is 12.1. The topological polar surface area (TPSA) is 114 Å². The minimum atomic E-state index is -0.978. The number of anilines is 1. The number of primary amides is 1. The van der Waals surface area contributed by atoms with Crippen LogP contribution >= 0.6 is 11.3 Å². The second-order valence-corrected chi connectivity index (χ2v) is 10.7. The van der Waals surface area contributed by atoms with Gasteiger partial charge in [-0.1, -0.05) is 54.5 Å². The fourth-order valence-corrected chi connectivity index (χ4v) is 6.41. The van der Waals surface area contributed by atoms with Crippen molar-refractivity contribution in [3.05, 3.63) is 59.7 Å². The zero-order chi connectivity index (χ0) is 24.6. The molecule has 3 heterocycles. The van der Waals surface area contributed by atoms with E-state index in [2.05, 4.69) is 34.6 Å². The van der Waals surface area contributed by atoms with Gasteiger partial charge in [-0.15, -0.1) is 0 Å². The first kappa shape index (κ1) is 23.4. The number of hydrogen-bond donors (Lipinski definition) is 2. The quantitative estimate of drug-likeness (QED) is 0.541. The number of thiazole rings is 1. The smallest absolute Gasteiger partial charge is 0.324 e. The van der Waals surface area contributed by atoms with Crippen LogP contribution < -0.4 is 11.1 Å². The molecule has 5 rings (SSSR count). The molecule has 1 aliphatic carbocycles. The molecule has 9 heteroatoms. The monoisotopic (exact) mass is 490 g/mol. The summed E-state index contributed by atoms with van der Waals surface area (Å²) >= 11 is 1.38. The average Bonchev–Trinajstić information content (AvgIpc) is 3.59. The molecule has 0 bridgehead atoms. The van der Waals surface area contributed by atoms with Gasteiger partial charge in [0.1, 0.15) is 11.4 Å². The second-order valence-electron chi connectivity index (χ2n) is 9.68. The Bertz CT molecular complexity index is 1250. The molecule has 3 amide bonds. The zero-order valence-electron chi connectivity index (χ0n) is 20.1. The van der Waals surface area contributed by atoms with Crippen LogP contribution in [-0.2, 0) is 10.2 Å². The first-order chi connectivity index (χ1) is 16.8. The van der Waals surface area contributed by atoms with E-state index in [4.69, 9.17) is 15.7 Å². The number of benzene rings is 1. The number of hydrogen-bond acceptors (Lipinski definition) is 6. The van der Waals surface area contributed by atoms with Gasteiger partial charge in [0.05, 0.1) is 21.7 Å². The van der Waals surface area contributed by atoms with E-state index in [1.54, 1.807) is 6.92 Å². The third-order valence-corrected chi connectivity index (χ3v) is 8.62. The van der Waals surface area contributed by atoms with Crippen LogP contribution in [0.2, 0.25) is 0 Å². The van der Waals surface area contributed by atoms with Gasteiger partial charge in [0.2, 0.25) is 5.91 Å². The number of rotatable bonds is 5.